The van der Waals surface area contributed by atoms with Gasteiger partial charge in [0.15, 0.2) is 0 Å². The van der Waals surface area contributed by atoms with Crippen molar-refractivity contribution >= 4 is 67.9 Å². The van der Waals surface area contributed by atoms with E-state index in [-0.39, 0.29) is 60.3 Å². The van der Waals surface area contributed by atoms with E-state index in [9.17, 15) is 0 Å². The summed E-state index contributed by atoms with van der Waals surface area (Å²) in [5.74, 6) is 0. The molecule has 0 spiro atoms. The summed E-state index contributed by atoms with van der Waals surface area (Å²) in [6.07, 6.45) is 0. The molecule has 1 radical (unpaired) electrons. The molecule has 9 nitrogen and oxygen atoms in total. The molecule has 81 valence electrons. The fourth-order valence-corrected chi connectivity index (χ4v) is 0. The Bertz CT molecular complexity index is 132. The van der Waals surface area contributed by atoms with Gasteiger partial charge in [0.25, 0.3) is 0 Å². The largest absolute Gasteiger partial charge is 3.00 e. The van der Waals surface area contributed by atoms with Gasteiger partial charge in [0.1, 0.15) is 0 Å². The molecule has 15 heavy (non-hydrogen) atoms. The van der Waals surface area contributed by atoms with Gasteiger partial charge in [-0.25, -0.2) is 0 Å². The molecule has 0 fully saturated rings. The molecular weight excluding hydrogens is 335 g/mol. The normalized spacial score (nSPS) is 4.80. The molecule has 0 saturated carbocycles. The third kappa shape index (κ3) is 5260. The number of hydrogen-bond acceptors (Lipinski definition) is 9. The zero-order chi connectivity index (χ0) is 10.7. The van der Waals surface area contributed by atoms with Gasteiger partial charge in [-0.2, -0.15) is 0 Å². The molecule has 0 atom stereocenters. The van der Waals surface area contributed by atoms with E-state index in [1.807, 2.05) is 0 Å². The summed E-state index contributed by atoms with van der Waals surface area (Å²) in [6.45, 7) is 0. The van der Waals surface area contributed by atoms with Gasteiger partial charge in [0.2, 0.25) is 0 Å². The zero-order valence-electron chi connectivity index (χ0n) is 8.81. The SMILES string of the molecule is O=[Si]([O-])[O-].O=[Si]([O-])[O-].O=[Si]([O-])[O-].[Al+3].[Fe+3].[H-].[H-].[Mg+2]. The fourth-order valence-electron chi connectivity index (χ4n) is 0. The molecule has 0 aromatic heterocycles. The van der Waals surface area contributed by atoms with Crippen LogP contribution in [-0.4, -0.2) is 67.9 Å². The second-order valence-electron chi connectivity index (χ2n) is 0.750. The van der Waals surface area contributed by atoms with E-state index in [0.717, 1.165) is 0 Å². The molecular formula is H2AlFeMgO9Si3. The maximum Gasteiger partial charge on any atom is 3.00 e. The minimum Gasteiger partial charge on any atom is -1.00 e. The van der Waals surface area contributed by atoms with Crippen LogP contribution in [0.2, 0.25) is 0 Å². The van der Waals surface area contributed by atoms with Gasteiger partial charge < -0.3 is 45.0 Å². The van der Waals surface area contributed by atoms with Crippen LogP contribution in [0, 0.1) is 0 Å². The van der Waals surface area contributed by atoms with Crippen LogP contribution >= 0.6 is 0 Å². The molecule has 0 bridgehead atoms. The third-order valence-corrected chi connectivity index (χ3v) is 0. The average molecular weight is 337 g/mol. The van der Waals surface area contributed by atoms with Crippen LogP contribution in [0.25, 0.3) is 0 Å². The summed E-state index contributed by atoms with van der Waals surface area (Å²) in [5, 5.41) is 0. The Morgan fingerprint density at radius 1 is 0.667 bits per heavy atom. The van der Waals surface area contributed by atoms with Gasteiger partial charge in [0, 0.05) is 27.5 Å². The topological polar surface area (TPSA) is 190 Å². The summed E-state index contributed by atoms with van der Waals surface area (Å²) >= 11 is 0. The van der Waals surface area contributed by atoms with Crippen molar-refractivity contribution in [3.63, 3.8) is 0 Å². The molecule has 0 aromatic rings. The zero-order valence-corrected chi connectivity index (χ0v) is 13.5. The molecule has 0 amide bonds. The first-order valence-corrected chi connectivity index (χ1v) is 5.51. The van der Waals surface area contributed by atoms with Gasteiger partial charge in [-0.3, -0.25) is 0 Å². The third-order valence-electron chi connectivity index (χ3n) is 0. The Kier molecular flexibility index (Phi) is 70.5. The molecule has 0 aliphatic carbocycles. The van der Waals surface area contributed by atoms with Crippen LogP contribution < -0.4 is 28.8 Å². The van der Waals surface area contributed by atoms with Crippen molar-refractivity contribution in [2.75, 3.05) is 0 Å². The van der Waals surface area contributed by atoms with Crippen LogP contribution in [0.5, 0.6) is 0 Å². The Hall–Kier alpha value is 0.669. The van der Waals surface area contributed by atoms with E-state index in [4.69, 9.17) is 42.2 Å². The van der Waals surface area contributed by atoms with E-state index in [1.165, 1.54) is 0 Å². The Labute approximate surface area is 129 Å². The summed E-state index contributed by atoms with van der Waals surface area (Å²) in [7, 11) is -10.9. The molecule has 0 N–H and O–H groups in total. The fraction of sp³-hybridized carbons (Fsp3) is 0. The minimum atomic E-state index is -3.63. The first kappa shape index (κ1) is 36.1. The second-order valence-corrected chi connectivity index (χ2v) is 2.25. The Balaban J connectivity index is -0.0000000104. The van der Waals surface area contributed by atoms with Crippen LogP contribution in [0.4, 0.5) is 0 Å². The standard InChI is InChI=1S/Al.Fe.Mg.3O3Si.2H/c;;;3*1-4(2)3;;/q2*+3;+2;3*-2;2*-1. The Morgan fingerprint density at radius 2 is 0.667 bits per heavy atom. The molecule has 0 heterocycles. The van der Waals surface area contributed by atoms with Crippen molar-refractivity contribution in [2.45, 2.75) is 0 Å². The van der Waals surface area contributed by atoms with E-state index < -0.39 is 27.5 Å². The van der Waals surface area contributed by atoms with Crippen molar-refractivity contribution in [2.24, 2.45) is 0 Å². The number of hydrogen-bond donors (Lipinski definition) is 0. The quantitative estimate of drug-likeness (QED) is 0.386. The van der Waals surface area contributed by atoms with Crippen LogP contribution in [0.15, 0.2) is 0 Å². The van der Waals surface area contributed by atoms with Gasteiger partial charge in [-0.1, -0.05) is 0 Å². The van der Waals surface area contributed by atoms with Gasteiger partial charge in [-0.15, -0.1) is 0 Å². The molecule has 0 rings (SSSR count). The molecule has 0 aliphatic rings. The van der Waals surface area contributed by atoms with Crippen molar-refractivity contribution in [3.8, 4) is 0 Å². The number of rotatable bonds is 0. The summed E-state index contributed by atoms with van der Waals surface area (Å²) in [4.78, 5) is 51.1. The Morgan fingerprint density at radius 3 is 0.667 bits per heavy atom. The first-order chi connectivity index (χ1) is 5.20. The maximum atomic E-state index is 8.52. The first-order valence-electron chi connectivity index (χ1n) is 1.84. The smallest absolute Gasteiger partial charge is 1.00 e. The molecule has 0 unspecified atom stereocenters. The molecule has 0 saturated heterocycles. The van der Waals surface area contributed by atoms with E-state index in [2.05, 4.69) is 0 Å². The molecule has 0 aliphatic heterocycles. The van der Waals surface area contributed by atoms with Gasteiger partial charge in [-0.05, 0) is 0 Å². The van der Waals surface area contributed by atoms with Gasteiger partial charge in [0.05, 0.1) is 0 Å². The predicted molar refractivity (Wildman–Crippen MR) is 33.1 cm³/mol. The van der Waals surface area contributed by atoms with Crippen molar-refractivity contribution in [1.29, 1.82) is 0 Å². The van der Waals surface area contributed by atoms with E-state index >= 15 is 0 Å². The van der Waals surface area contributed by atoms with Crippen molar-refractivity contribution in [3.05, 3.63) is 0 Å². The van der Waals surface area contributed by atoms with Crippen LogP contribution in [0.3, 0.4) is 0 Å². The van der Waals surface area contributed by atoms with E-state index in [1.54, 1.807) is 0 Å². The second kappa shape index (κ2) is 29.3. The van der Waals surface area contributed by atoms with Gasteiger partial charge >= 0.3 is 57.5 Å². The minimum absolute atomic E-state index is 0. The van der Waals surface area contributed by atoms with E-state index in [0.29, 0.717) is 0 Å². The summed E-state index contributed by atoms with van der Waals surface area (Å²) in [6, 6.07) is 0. The monoisotopic (exact) mass is 337 g/mol. The molecule has 15 heteroatoms. The summed E-state index contributed by atoms with van der Waals surface area (Å²) in [5.41, 5.74) is 0. The van der Waals surface area contributed by atoms with Crippen molar-refractivity contribution < 1.29 is 62.1 Å². The average Bonchev–Trinajstić information content (AvgIpc) is 1.54. The van der Waals surface area contributed by atoms with Crippen LogP contribution in [0.1, 0.15) is 2.85 Å². The predicted octanol–water partition coefficient (Wildman–Crippen LogP) is -9.17. The molecule has 0 aromatic carbocycles. The summed E-state index contributed by atoms with van der Waals surface area (Å²) < 4.78 is 25.6. The van der Waals surface area contributed by atoms with Crippen molar-refractivity contribution in [1.82, 2.24) is 0 Å². The van der Waals surface area contributed by atoms with Crippen LogP contribution in [-0.2, 0) is 30.5 Å². The maximum absolute atomic E-state index is 8.52.